The number of amides is 1. The number of pyridine rings is 1. The molecule has 2 fully saturated rings. The molecule has 12 heteroatoms. The molecule has 4 aromatic rings. The van der Waals surface area contributed by atoms with Crippen molar-refractivity contribution in [2.45, 2.75) is 36.4 Å². The molecule has 210 valence electrons. The number of imidazole rings is 1. The number of hydrogen-bond acceptors (Lipinski definition) is 7. The van der Waals surface area contributed by atoms with Crippen LogP contribution in [0, 0.1) is 5.41 Å². The number of rotatable bonds is 6. The summed E-state index contributed by atoms with van der Waals surface area (Å²) in [7, 11) is -2.20. The predicted molar refractivity (Wildman–Crippen MR) is 157 cm³/mol. The Kier molecular flexibility index (Phi) is 7.32. The SMILES string of the molecule is CN(Cc1nc2c(C(=O)N3CCC4(CC3)CCN(c3ccncc3)CC4)cccc2[nH]1)S(=O)(=O)c1ccc(Cl)s1. The topological polar surface area (TPSA) is 102 Å². The van der Waals surface area contributed by atoms with E-state index in [-0.39, 0.29) is 22.1 Å². The van der Waals surface area contributed by atoms with Crippen molar-refractivity contribution in [1.29, 1.82) is 0 Å². The number of benzene rings is 1. The number of aromatic amines is 1. The molecule has 0 radical (unpaired) electrons. The zero-order valence-electron chi connectivity index (χ0n) is 22.2. The van der Waals surface area contributed by atoms with E-state index in [1.165, 1.54) is 23.1 Å². The first-order chi connectivity index (χ1) is 19.2. The lowest BCUT2D eigenvalue weighted by atomic mass is 9.71. The molecule has 0 saturated carbocycles. The zero-order chi connectivity index (χ0) is 27.9. The van der Waals surface area contributed by atoms with Gasteiger partial charge in [-0.2, -0.15) is 4.31 Å². The second-order valence-corrected chi connectivity index (χ2v) is 14.7. The molecule has 5 heterocycles. The maximum atomic E-state index is 13.6. The minimum atomic E-state index is -3.70. The molecule has 0 bridgehead atoms. The van der Waals surface area contributed by atoms with Crippen LogP contribution in [-0.2, 0) is 16.6 Å². The van der Waals surface area contributed by atoms with Gasteiger partial charge < -0.3 is 14.8 Å². The summed E-state index contributed by atoms with van der Waals surface area (Å²) >= 11 is 6.96. The molecule has 2 saturated heterocycles. The number of aromatic nitrogens is 3. The van der Waals surface area contributed by atoms with E-state index in [1.807, 2.05) is 29.4 Å². The van der Waals surface area contributed by atoms with E-state index in [9.17, 15) is 13.2 Å². The number of halogens is 1. The summed E-state index contributed by atoms with van der Waals surface area (Å²) in [6, 6.07) is 12.7. The van der Waals surface area contributed by atoms with Crippen LogP contribution in [0.15, 0.2) is 59.1 Å². The highest BCUT2D eigenvalue weighted by atomic mass is 35.5. The van der Waals surface area contributed by atoms with Gasteiger partial charge in [-0.25, -0.2) is 13.4 Å². The van der Waals surface area contributed by atoms with Gasteiger partial charge in [0.15, 0.2) is 0 Å². The number of fused-ring (bicyclic) bond motifs is 1. The van der Waals surface area contributed by atoms with Crippen molar-refractivity contribution in [2.75, 3.05) is 38.1 Å². The van der Waals surface area contributed by atoms with E-state index in [2.05, 4.69) is 32.0 Å². The minimum absolute atomic E-state index is 0.0260. The van der Waals surface area contributed by atoms with Crippen LogP contribution < -0.4 is 4.90 Å². The molecule has 2 aliphatic heterocycles. The van der Waals surface area contributed by atoms with Gasteiger partial charge in [0.05, 0.1) is 22.0 Å². The molecule has 6 rings (SSSR count). The molecule has 2 aliphatic rings. The van der Waals surface area contributed by atoms with Crippen molar-refractivity contribution in [3.05, 3.63) is 70.6 Å². The number of carbonyl (C=O) groups excluding carboxylic acids is 1. The van der Waals surface area contributed by atoms with Crippen LogP contribution in [0.1, 0.15) is 41.9 Å². The van der Waals surface area contributed by atoms with Crippen molar-refractivity contribution in [3.63, 3.8) is 0 Å². The molecule has 40 heavy (non-hydrogen) atoms. The monoisotopic (exact) mass is 598 g/mol. The maximum absolute atomic E-state index is 13.6. The number of thiophene rings is 1. The van der Waals surface area contributed by atoms with Crippen molar-refractivity contribution >= 4 is 55.6 Å². The Morgan fingerprint density at radius 2 is 1.75 bits per heavy atom. The Bertz CT molecular complexity index is 1620. The summed E-state index contributed by atoms with van der Waals surface area (Å²) < 4.78 is 27.7. The van der Waals surface area contributed by atoms with Crippen molar-refractivity contribution in [3.8, 4) is 0 Å². The van der Waals surface area contributed by atoms with Crippen LogP contribution >= 0.6 is 22.9 Å². The molecule has 1 amide bonds. The third-order valence-electron chi connectivity index (χ3n) is 8.34. The fraction of sp³-hybridized carbons (Fsp3) is 0.393. The number of sulfonamides is 1. The summed E-state index contributed by atoms with van der Waals surface area (Å²) in [4.78, 5) is 30.0. The summed E-state index contributed by atoms with van der Waals surface area (Å²) in [5.74, 6) is 0.449. The van der Waals surface area contributed by atoms with E-state index in [4.69, 9.17) is 11.6 Å². The van der Waals surface area contributed by atoms with Gasteiger partial charge in [-0.15, -0.1) is 11.3 Å². The van der Waals surface area contributed by atoms with Crippen LogP contribution in [0.25, 0.3) is 11.0 Å². The number of H-pyrrole nitrogens is 1. The van der Waals surface area contributed by atoms with Gasteiger partial charge in [-0.1, -0.05) is 17.7 Å². The number of nitrogens with one attached hydrogen (secondary N) is 1. The number of hydrogen-bond donors (Lipinski definition) is 1. The van der Waals surface area contributed by atoms with Crippen molar-refractivity contribution in [1.82, 2.24) is 24.2 Å². The molecular weight excluding hydrogens is 568 g/mol. The molecule has 1 spiro atoms. The van der Waals surface area contributed by atoms with E-state index in [1.54, 1.807) is 12.1 Å². The van der Waals surface area contributed by atoms with Gasteiger partial charge in [0, 0.05) is 51.3 Å². The molecule has 1 N–H and O–H groups in total. The van der Waals surface area contributed by atoms with Gasteiger partial charge in [0.2, 0.25) is 0 Å². The largest absolute Gasteiger partial charge is 0.371 e. The lowest BCUT2D eigenvalue weighted by Crippen LogP contribution is -2.48. The normalized spacial score (nSPS) is 17.7. The average Bonchev–Trinajstić information content (AvgIpc) is 3.60. The highest BCUT2D eigenvalue weighted by Gasteiger charge is 2.39. The Morgan fingerprint density at radius 3 is 2.42 bits per heavy atom. The standard InChI is InChI=1S/C28H31ClN6O3S2/c1-33(40(37,38)25-6-5-23(29)39-25)19-24-31-22-4-2-3-21(26(22)32-24)27(36)35-17-11-28(12-18-35)9-15-34(16-10-28)20-7-13-30-14-8-20/h2-8,13-14H,9-12,15-19H2,1H3,(H,31,32). The van der Waals surface area contributed by atoms with E-state index in [0.29, 0.717) is 26.8 Å². The maximum Gasteiger partial charge on any atom is 0.256 e. The molecular formula is C28H31ClN6O3S2. The van der Waals surface area contributed by atoms with Gasteiger partial charge in [0.25, 0.3) is 15.9 Å². The first kappa shape index (κ1) is 27.2. The minimum Gasteiger partial charge on any atom is -0.371 e. The second-order valence-electron chi connectivity index (χ2n) is 10.7. The summed E-state index contributed by atoms with van der Waals surface area (Å²) in [6.45, 7) is 3.55. The van der Waals surface area contributed by atoms with Crippen molar-refractivity contribution in [2.24, 2.45) is 5.41 Å². The smallest absolute Gasteiger partial charge is 0.256 e. The molecule has 3 aromatic heterocycles. The third-order valence-corrected chi connectivity index (χ3v) is 11.8. The van der Waals surface area contributed by atoms with E-state index in [0.717, 1.165) is 63.2 Å². The van der Waals surface area contributed by atoms with E-state index >= 15 is 0 Å². The summed E-state index contributed by atoms with van der Waals surface area (Å²) in [5.41, 5.74) is 3.33. The van der Waals surface area contributed by atoms with Crippen LogP contribution in [0.4, 0.5) is 5.69 Å². The molecule has 0 aliphatic carbocycles. The summed E-state index contributed by atoms with van der Waals surface area (Å²) in [6.07, 6.45) is 7.94. The van der Waals surface area contributed by atoms with Gasteiger partial charge in [-0.05, 0) is 67.5 Å². The number of nitrogens with zero attached hydrogens (tertiary/aromatic N) is 5. The molecule has 0 unspecified atom stereocenters. The first-order valence-corrected chi connectivity index (χ1v) is 16.0. The van der Waals surface area contributed by atoms with Crippen LogP contribution in [0.2, 0.25) is 4.34 Å². The highest BCUT2D eigenvalue weighted by molar-refractivity contribution is 7.91. The third kappa shape index (κ3) is 5.23. The van der Waals surface area contributed by atoms with Crippen LogP contribution in [0.5, 0.6) is 0 Å². The number of carbonyl (C=O) groups is 1. The van der Waals surface area contributed by atoms with E-state index < -0.39 is 10.0 Å². The van der Waals surface area contributed by atoms with Gasteiger partial charge in [0.1, 0.15) is 15.6 Å². The molecule has 1 aromatic carbocycles. The average molecular weight is 599 g/mol. The Balaban J connectivity index is 1.12. The second kappa shape index (κ2) is 10.8. The number of para-hydroxylation sites is 1. The quantitative estimate of drug-likeness (QED) is 0.334. The lowest BCUT2D eigenvalue weighted by molar-refractivity contribution is 0.0516. The Hall–Kier alpha value is -2.99. The fourth-order valence-electron chi connectivity index (χ4n) is 5.87. The van der Waals surface area contributed by atoms with Crippen LogP contribution in [0.3, 0.4) is 0 Å². The predicted octanol–water partition coefficient (Wildman–Crippen LogP) is 5.02. The van der Waals surface area contributed by atoms with Crippen LogP contribution in [-0.4, -0.2) is 71.7 Å². The lowest BCUT2D eigenvalue weighted by Gasteiger charge is -2.47. The summed E-state index contributed by atoms with van der Waals surface area (Å²) in [5, 5.41) is 0. The Morgan fingerprint density at radius 1 is 1.05 bits per heavy atom. The number of anilines is 1. The first-order valence-electron chi connectivity index (χ1n) is 13.4. The molecule has 0 atom stereocenters. The Labute approximate surface area is 242 Å². The highest BCUT2D eigenvalue weighted by Crippen LogP contribution is 2.42. The molecule has 9 nitrogen and oxygen atoms in total. The number of likely N-dealkylation sites (tertiary alicyclic amines) is 1. The zero-order valence-corrected chi connectivity index (χ0v) is 24.6. The van der Waals surface area contributed by atoms with Gasteiger partial charge >= 0.3 is 0 Å². The number of piperidine rings is 2. The fourth-order valence-corrected chi connectivity index (χ4v) is 8.69. The van der Waals surface area contributed by atoms with Crippen molar-refractivity contribution < 1.29 is 13.2 Å². The van der Waals surface area contributed by atoms with Gasteiger partial charge in [-0.3, -0.25) is 9.78 Å².